The number of anilines is 3. The molecule has 1 heterocycles. The van der Waals surface area contributed by atoms with Crippen LogP contribution >= 0.6 is 11.3 Å². The molecular weight excluding hydrogens is 779 g/mol. The zero-order valence-electron chi connectivity index (χ0n) is 34.2. The number of nitrogens with zero attached hydrogens (tertiary/aromatic N) is 1. The maximum Gasteiger partial charge on any atom is 0.0746 e. The van der Waals surface area contributed by atoms with Crippen LogP contribution in [0.1, 0.15) is 22.3 Å². The van der Waals surface area contributed by atoms with Gasteiger partial charge in [-0.15, -0.1) is 11.3 Å². The molecule has 11 aromatic carbocycles. The fourth-order valence-corrected chi connectivity index (χ4v) is 12.8. The van der Waals surface area contributed by atoms with Gasteiger partial charge in [0, 0.05) is 37.1 Å². The minimum absolute atomic E-state index is 0.509. The molecule has 1 spiro atoms. The van der Waals surface area contributed by atoms with Crippen LogP contribution < -0.4 is 4.90 Å². The van der Waals surface area contributed by atoms with Crippen LogP contribution in [-0.2, 0) is 5.41 Å². The van der Waals surface area contributed by atoms with Gasteiger partial charge in [0.15, 0.2) is 0 Å². The lowest BCUT2D eigenvalue weighted by atomic mass is 9.70. The lowest BCUT2D eigenvalue weighted by Gasteiger charge is -2.36. The van der Waals surface area contributed by atoms with E-state index in [1.54, 1.807) is 0 Å². The van der Waals surface area contributed by atoms with E-state index in [1.165, 1.54) is 114 Å². The summed E-state index contributed by atoms with van der Waals surface area (Å²) in [5.74, 6) is 0. The Bertz CT molecular complexity index is 3770. The van der Waals surface area contributed by atoms with Crippen molar-refractivity contribution in [3.8, 4) is 33.4 Å². The summed E-state index contributed by atoms with van der Waals surface area (Å²) in [6, 6.07) is 84.1. The van der Waals surface area contributed by atoms with Crippen LogP contribution in [0, 0.1) is 0 Å². The fraction of sp³-hybridized carbons (Fsp3) is 0.0164. The van der Waals surface area contributed by atoms with Crippen molar-refractivity contribution in [2.24, 2.45) is 0 Å². The van der Waals surface area contributed by atoms with Gasteiger partial charge in [-0.3, -0.25) is 0 Å². The first kappa shape index (κ1) is 34.9. The topological polar surface area (TPSA) is 3.24 Å². The number of hydrogen-bond acceptors (Lipinski definition) is 2. The first-order chi connectivity index (χ1) is 31.3. The molecule has 12 aromatic rings. The average molecular weight is 816 g/mol. The Morgan fingerprint density at radius 1 is 0.317 bits per heavy atom. The zero-order valence-corrected chi connectivity index (χ0v) is 35.0. The van der Waals surface area contributed by atoms with Gasteiger partial charge < -0.3 is 4.90 Å². The number of hydrogen-bond donors (Lipinski definition) is 0. The molecule has 0 aliphatic heterocycles. The van der Waals surface area contributed by atoms with E-state index in [-0.39, 0.29) is 0 Å². The van der Waals surface area contributed by atoms with E-state index in [4.69, 9.17) is 0 Å². The minimum Gasteiger partial charge on any atom is -0.310 e. The van der Waals surface area contributed by atoms with Crippen LogP contribution in [0.2, 0.25) is 0 Å². The third-order valence-electron chi connectivity index (χ3n) is 14.1. The van der Waals surface area contributed by atoms with Crippen molar-refractivity contribution in [1.29, 1.82) is 0 Å². The molecule has 0 fully saturated rings. The molecule has 0 bridgehead atoms. The van der Waals surface area contributed by atoms with Gasteiger partial charge in [0.2, 0.25) is 0 Å². The SMILES string of the molecule is c1ccc2c(c1)-c1ccccc1C21c2ccccc2-c2cccc(N(c3ccc(-c4cccc5c4sc4ccccc45)cc3)c3ccc4c5ccccc5c5ccccc5c4c3)c21. The highest BCUT2D eigenvalue weighted by molar-refractivity contribution is 7.26. The Hall–Kier alpha value is -7.78. The number of thiophene rings is 1. The average Bonchev–Trinajstić information content (AvgIpc) is 3.99. The Morgan fingerprint density at radius 3 is 1.43 bits per heavy atom. The van der Waals surface area contributed by atoms with E-state index >= 15 is 0 Å². The third kappa shape index (κ3) is 4.71. The van der Waals surface area contributed by atoms with Crippen molar-refractivity contribution in [3.63, 3.8) is 0 Å². The van der Waals surface area contributed by atoms with Crippen LogP contribution in [0.15, 0.2) is 224 Å². The van der Waals surface area contributed by atoms with Gasteiger partial charge in [-0.05, 0) is 119 Å². The molecule has 292 valence electrons. The van der Waals surface area contributed by atoms with Crippen molar-refractivity contribution in [2.75, 3.05) is 4.90 Å². The Morgan fingerprint density at radius 2 is 0.778 bits per heavy atom. The molecule has 0 radical (unpaired) electrons. The van der Waals surface area contributed by atoms with Gasteiger partial charge >= 0.3 is 0 Å². The number of rotatable bonds is 4. The first-order valence-corrected chi connectivity index (χ1v) is 22.7. The molecule has 0 saturated heterocycles. The maximum absolute atomic E-state index is 2.54. The van der Waals surface area contributed by atoms with E-state index in [9.17, 15) is 0 Å². The number of benzene rings is 11. The summed E-state index contributed by atoms with van der Waals surface area (Å²) >= 11 is 1.89. The van der Waals surface area contributed by atoms with Crippen LogP contribution in [0.4, 0.5) is 17.1 Å². The Kier molecular flexibility index (Phi) is 7.26. The summed E-state index contributed by atoms with van der Waals surface area (Å²) in [5, 5.41) is 10.3. The van der Waals surface area contributed by atoms with Crippen molar-refractivity contribution in [3.05, 3.63) is 247 Å². The molecule has 2 aliphatic rings. The van der Waals surface area contributed by atoms with Gasteiger partial charge in [-0.2, -0.15) is 0 Å². The van der Waals surface area contributed by atoms with E-state index in [0.29, 0.717) is 0 Å². The lowest BCUT2D eigenvalue weighted by molar-refractivity contribution is 0.793. The van der Waals surface area contributed by atoms with E-state index in [2.05, 4.69) is 229 Å². The zero-order chi connectivity index (χ0) is 41.2. The standard InChI is InChI=1S/C61H37NS/c1-2-17-44-42(15-1)43-16-3-4-18-45(43)53-37-40(35-36-46(44)53)62(39-33-31-38(32-34-39)41-23-13-25-52-50-22-8-12-30-58(50)63-60(41)52)57-29-14-24-51-49-21-7-11-28-56(49)61(59(51)57)54-26-9-5-19-47(54)48-20-6-10-27-55(48)61/h1-37H. The molecule has 0 saturated carbocycles. The summed E-state index contributed by atoms with van der Waals surface area (Å²) in [4.78, 5) is 2.54. The summed E-state index contributed by atoms with van der Waals surface area (Å²) < 4.78 is 2.65. The van der Waals surface area contributed by atoms with Crippen LogP contribution in [0.25, 0.3) is 85.9 Å². The molecule has 63 heavy (non-hydrogen) atoms. The van der Waals surface area contributed by atoms with Crippen molar-refractivity contribution >= 4 is 80.9 Å². The second kappa shape index (κ2) is 13.1. The lowest BCUT2D eigenvalue weighted by Crippen LogP contribution is -2.28. The normalized spacial score (nSPS) is 13.2. The first-order valence-electron chi connectivity index (χ1n) is 21.8. The van der Waals surface area contributed by atoms with Crippen molar-refractivity contribution in [1.82, 2.24) is 0 Å². The Labute approximate surface area is 369 Å². The maximum atomic E-state index is 2.54. The molecule has 0 amide bonds. The van der Waals surface area contributed by atoms with E-state index in [0.717, 1.165) is 11.4 Å². The quantitative estimate of drug-likeness (QED) is 0.160. The summed E-state index contributed by atoms with van der Waals surface area (Å²) in [6.45, 7) is 0. The van der Waals surface area contributed by atoms with Gasteiger partial charge in [-0.1, -0.05) is 188 Å². The second-order valence-corrected chi connectivity index (χ2v) is 18.1. The Balaban J connectivity index is 1.06. The highest BCUT2D eigenvalue weighted by Crippen LogP contribution is 2.65. The third-order valence-corrected chi connectivity index (χ3v) is 15.3. The monoisotopic (exact) mass is 815 g/mol. The van der Waals surface area contributed by atoms with Crippen LogP contribution in [0.3, 0.4) is 0 Å². The predicted molar refractivity (Wildman–Crippen MR) is 268 cm³/mol. The van der Waals surface area contributed by atoms with Crippen LogP contribution in [-0.4, -0.2) is 0 Å². The smallest absolute Gasteiger partial charge is 0.0746 e. The molecule has 2 aliphatic carbocycles. The van der Waals surface area contributed by atoms with Gasteiger partial charge in [-0.25, -0.2) is 0 Å². The highest BCUT2D eigenvalue weighted by atomic mass is 32.1. The molecule has 0 unspecified atom stereocenters. The van der Waals surface area contributed by atoms with Crippen LogP contribution in [0.5, 0.6) is 0 Å². The van der Waals surface area contributed by atoms with E-state index < -0.39 is 5.41 Å². The fourth-order valence-electron chi connectivity index (χ4n) is 11.5. The molecule has 0 N–H and O–H groups in total. The molecule has 1 aromatic heterocycles. The van der Waals surface area contributed by atoms with Gasteiger partial charge in [0.05, 0.1) is 11.1 Å². The van der Waals surface area contributed by atoms with Crippen molar-refractivity contribution < 1.29 is 0 Å². The number of fused-ring (bicyclic) bond motifs is 19. The molecule has 14 rings (SSSR count). The summed E-state index contributed by atoms with van der Waals surface area (Å²) in [5.41, 5.74) is 15.9. The molecule has 0 atom stereocenters. The van der Waals surface area contributed by atoms with Gasteiger partial charge in [0.25, 0.3) is 0 Å². The highest BCUT2D eigenvalue weighted by Gasteiger charge is 2.53. The summed E-state index contributed by atoms with van der Waals surface area (Å²) in [6.07, 6.45) is 0. The molecular formula is C61H37NS. The minimum atomic E-state index is -0.509. The summed E-state index contributed by atoms with van der Waals surface area (Å²) in [7, 11) is 0. The molecule has 1 nitrogen and oxygen atoms in total. The van der Waals surface area contributed by atoms with Crippen molar-refractivity contribution in [2.45, 2.75) is 5.41 Å². The molecule has 2 heteroatoms. The second-order valence-electron chi connectivity index (χ2n) is 17.1. The van der Waals surface area contributed by atoms with E-state index in [1.807, 2.05) is 11.3 Å². The predicted octanol–water partition coefficient (Wildman–Crippen LogP) is 17.0. The van der Waals surface area contributed by atoms with Gasteiger partial charge in [0.1, 0.15) is 0 Å². The largest absolute Gasteiger partial charge is 0.310 e.